The van der Waals surface area contributed by atoms with Gasteiger partial charge in [0.05, 0.1) is 11.1 Å². The third-order valence-electron chi connectivity index (χ3n) is 2.57. The first-order chi connectivity index (χ1) is 7.20. The van der Waals surface area contributed by atoms with Gasteiger partial charge in [-0.05, 0) is 12.5 Å². The van der Waals surface area contributed by atoms with E-state index in [4.69, 9.17) is 16.3 Å². The molecule has 1 fully saturated rings. The third kappa shape index (κ3) is 2.21. The average molecular weight is 231 g/mol. The van der Waals surface area contributed by atoms with Crippen LogP contribution in [0.5, 0.6) is 0 Å². The SMILES string of the molecule is COC1CCN(c2ncc(Cl)cc2F)C1. The predicted molar refractivity (Wildman–Crippen MR) is 56.8 cm³/mol. The maximum atomic E-state index is 13.5. The second-order valence-corrected chi connectivity index (χ2v) is 3.99. The van der Waals surface area contributed by atoms with E-state index in [9.17, 15) is 4.39 Å². The molecule has 1 aliphatic rings. The van der Waals surface area contributed by atoms with E-state index in [1.54, 1.807) is 7.11 Å². The molecule has 0 N–H and O–H groups in total. The Bertz CT molecular complexity index is 361. The Morgan fingerprint density at radius 1 is 1.67 bits per heavy atom. The number of anilines is 1. The fourth-order valence-corrected chi connectivity index (χ4v) is 1.90. The number of hydrogen-bond donors (Lipinski definition) is 0. The normalized spacial score (nSPS) is 21.0. The predicted octanol–water partition coefficient (Wildman–Crippen LogP) is 2.10. The van der Waals surface area contributed by atoms with Crippen molar-refractivity contribution < 1.29 is 9.13 Å². The molecule has 1 saturated heterocycles. The van der Waals surface area contributed by atoms with Gasteiger partial charge in [0.2, 0.25) is 0 Å². The number of ether oxygens (including phenoxy) is 1. The monoisotopic (exact) mass is 230 g/mol. The molecule has 2 rings (SSSR count). The van der Waals surface area contributed by atoms with Gasteiger partial charge in [0.25, 0.3) is 0 Å². The lowest BCUT2D eigenvalue weighted by molar-refractivity contribution is 0.121. The summed E-state index contributed by atoms with van der Waals surface area (Å²) in [4.78, 5) is 5.87. The number of halogens is 2. The lowest BCUT2D eigenvalue weighted by atomic mass is 10.3. The van der Waals surface area contributed by atoms with E-state index in [0.717, 1.165) is 13.0 Å². The summed E-state index contributed by atoms with van der Waals surface area (Å²) in [6.45, 7) is 1.45. The van der Waals surface area contributed by atoms with Crippen LogP contribution in [-0.4, -0.2) is 31.3 Å². The van der Waals surface area contributed by atoms with E-state index >= 15 is 0 Å². The highest BCUT2D eigenvalue weighted by Gasteiger charge is 2.25. The van der Waals surface area contributed by atoms with E-state index in [0.29, 0.717) is 17.4 Å². The quantitative estimate of drug-likeness (QED) is 0.778. The van der Waals surface area contributed by atoms with E-state index in [1.165, 1.54) is 12.3 Å². The third-order valence-corrected chi connectivity index (χ3v) is 2.77. The largest absolute Gasteiger partial charge is 0.380 e. The summed E-state index contributed by atoms with van der Waals surface area (Å²) >= 11 is 5.63. The minimum atomic E-state index is -0.376. The van der Waals surface area contributed by atoms with Crippen molar-refractivity contribution in [1.82, 2.24) is 4.98 Å². The number of hydrogen-bond acceptors (Lipinski definition) is 3. The van der Waals surface area contributed by atoms with Crippen LogP contribution in [0.25, 0.3) is 0 Å². The highest BCUT2D eigenvalue weighted by Crippen LogP contribution is 2.24. The maximum absolute atomic E-state index is 13.5. The summed E-state index contributed by atoms with van der Waals surface area (Å²) in [5.74, 6) is -0.0156. The lowest BCUT2D eigenvalue weighted by Gasteiger charge is -2.17. The topological polar surface area (TPSA) is 25.4 Å². The van der Waals surface area contributed by atoms with Crippen LogP contribution in [0.2, 0.25) is 5.02 Å². The molecule has 1 aromatic rings. The molecule has 0 spiro atoms. The Hall–Kier alpha value is -0.870. The van der Waals surface area contributed by atoms with Gasteiger partial charge >= 0.3 is 0 Å². The molecule has 1 aromatic heterocycles. The van der Waals surface area contributed by atoms with Gasteiger partial charge in [-0.25, -0.2) is 9.37 Å². The van der Waals surface area contributed by atoms with E-state index < -0.39 is 0 Å². The summed E-state index contributed by atoms with van der Waals surface area (Å²) < 4.78 is 18.7. The van der Waals surface area contributed by atoms with Crippen molar-refractivity contribution in [2.45, 2.75) is 12.5 Å². The molecule has 0 saturated carbocycles. The van der Waals surface area contributed by atoms with Crippen LogP contribution in [-0.2, 0) is 4.74 Å². The molecule has 0 radical (unpaired) electrons. The molecule has 1 atom stereocenters. The van der Waals surface area contributed by atoms with Crippen LogP contribution < -0.4 is 4.90 Å². The zero-order valence-corrected chi connectivity index (χ0v) is 9.17. The molecule has 0 amide bonds. The van der Waals surface area contributed by atoms with Crippen LogP contribution in [0.15, 0.2) is 12.3 Å². The first-order valence-corrected chi connectivity index (χ1v) is 5.17. The van der Waals surface area contributed by atoms with Crippen molar-refractivity contribution in [3.63, 3.8) is 0 Å². The molecule has 0 bridgehead atoms. The second kappa shape index (κ2) is 4.33. The van der Waals surface area contributed by atoms with E-state index in [2.05, 4.69) is 4.98 Å². The Balaban J connectivity index is 2.17. The van der Waals surface area contributed by atoms with Gasteiger partial charge in [0, 0.05) is 26.4 Å². The minimum absolute atomic E-state index is 0.168. The summed E-state index contributed by atoms with van der Waals surface area (Å²) in [5.41, 5.74) is 0. The summed E-state index contributed by atoms with van der Waals surface area (Å²) in [5, 5.41) is 0.318. The zero-order valence-electron chi connectivity index (χ0n) is 8.41. The number of aromatic nitrogens is 1. The molecular weight excluding hydrogens is 219 g/mol. The molecule has 0 aromatic carbocycles. The van der Waals surface area contributed by atoms with Crippen molar-refractivity contribution in [2.24, 2.45) is 0 Å². The Morgan fingerprint density at radius 2 is 2.47 bits per heavy atom. The highest BCUT2D eigenvalue weighted by atomic mass is 35.5. The van der Waals surface area contributed by atoms with E-state index in [1.807, 2.05) is 4.90 Å². The van der Waals surface area contributed by atoms with Crippen molar-refractivity contribution in [3.8, 4) is 0 Å². The number of rotatable bonds is 2. The minimum Gasteiger partial charge on any atom is -0.380 e. The standard InChI is InChI=1S/C10H12ClFN2O/c1-15-8-2-3-14(6-8)10-9(12)4-7(11)5-13-10/h4-5,8H,2-3,6H2,1H3. The van der Waals surface area contributed by atoms with Gasteiger partial charge in [0.1, 0.15) is 0 Å². The van der Waals surface area contributed by atoms with Gasteiger partial charge in [-0.1, -0.05) is 11.6 Å². The first-order valence-electron chi connectivity index (χ1n) is 4.79. The molecular formula is C10H12ClFN2O. The number of nitrogens with zero attached hydrogens (tertiary/aromatic N) is 2. The summed E-state index contributed by atoms with van der Waals surface area (Å²) in [7, 11) is 1.67. The van der Waals surface area contributed by atoms with Gasteiger partial charge < -0.3 is 9.64 Å². The van der Waals surface area contributed by atoms with Gasteiger partial charge in [-0.3, -0.25) is 0 Å². The molecule has 3 nitrogen and oxygen atoms in total. The Morgan fingerprint density at radius 3 is 3.07 bits per heavy atom. The summed E-state index contributed by atoms with van der Waals surface area (Å²) in [6, 6.07) is 1.28. The average Bonchev–Trinajstić information content (AvgIpc) is 2.66. The fourth-order valence-electron chi connectivity index (χ4n) is 1.75. The van der Waals surface area contributed by atoms with Crippen molar-refractivity contribution in [1.29, 1.82) is 0 Å². The molecule has 82 valence electrons. The maximum Gasteiger partial charge on any atom is 0.167 e. The molecule has 1 unspecified atom stereocenters. The number of methoxy groups -OCH3 is 1. The molecule has 5 heteroatoms. The smallest absolute Gasteiger partial charge is 0.167 e. The van der Waals surface area contributed by atoms with Crippen LogP contribution >= 0.6 is 11.6 Å². The van der Waals surface area contributed by atoms with E-state index in [-0.39, 0.29) is 11.9 Å². The van der Waals surface area contributed by atoms with Crippen LogP contribution in [0.3, 0.4) is 0 Å². The first kappa shape index (κ1) is 10.6. The summed E-state index contributed by atoms with van der Waals surface area (Å²) in [6.07, 6.45) is 2.53. The molecule has 0 aliphatic carbocycles. The van der Waals surface area contributed by atoms with Crippen molar-refractivity contribution in [3.05, 3.63) is 23.1 Å². The van der Waals surface area contributed by atoms with Crippen LogP contribution in [0.1, 0.15) is 6.42 Å². The molecule has 2 heterocycles. The molecule has 1 aliphatic heterocycles. The van der Waals surface area contributed by atoms with Crippen molar-refractivity contribution in [2.75, 3.05) is 25.1 Å². The van der Waals surface area contributed by atoms with Gasteiger partial charge in [0.15, 0.2) is 11.6 Å². The zero-order chi connectivity index (χ0) is 10.8. The Labute approximate surface area is 92.8 Å². The van der Waals surface area contributed by atoms with Gasteiger partial charge in [-0.15, -0.1) is 0 Å². The fraction of sp³-hybridized carbons (Fsp3) is 0.500. The van der Waals surface area contributed by atoms with Crippen molar-refractivity contribution >= 4 is 17.4 Å². The lowest BCUT2D eigenvalue weighted by Crippen LogP contribution is -2.24. The van der Waals surface area contributed by atoms with Crippen LogP contribution in [0.4, 0.5) is 10.2 Å². The van der Waals surface area contributed by atoms with Crippen LogP contribution in [0, 0.1) is 5.82 Å². The second-order valence-electron chi connectivity index (χ2n) is 3.55. The molecule has 15 heavy (non-hydrogen) atoms. The number of pyridine rings is 1. The van der Waals surface area contributed by atoms with Gasteiger partial charge in [-0.2, -0.15) is 0 Å². The Kier molecular flexibility index (Phi) is 3.07. The highest BCUT2D eigenvalue weighted by molar-refractivity contribution is 6.30.